The highest BCUT2D eigenvalue weighted by Gasteiger charge is 2.14. The molecule has 5 aromatic rings. The number of rotatable bonds is 9. The number of nitrogens with zero attached hydrogens (tertiary/aromatic N) is 3. The maximum absolute atomic E-state index is 12.8. The van der Waals surface area contributed by atoms with Gasteiger partial charge in [0, 0.05) is 22.5 Å². The predicted molar refractivity (Wildman–Crippen MR) is 164 cm³/mol. The van der Waals surface area contributed by atoms with E-state index in [1.807, 2.05) is 42.5 Å². The summed E-state index contributed by atoms with van der Waals surface area (Å²) in [4.78, 5) is 12.8. The van der Waals surface area contributed by atoms with Crippen molar-refractivity contribution in [2.75, 3.05) is 7.11 Å². The Balaban J connectivity index is 1.26. The lowest BCUT2D eigenvalue weighted by atomic mass is 10.1. The van der Waals surface area contributed by atoms with E-state index in [0.29, 0.717) is 33.2 Å². The Hall–Kier alpha value is -5.32. The molecule has 0 saturated heterocycles. The molecule has 0 saturated carbocycles. The first-order valence-corrected chi connectivity index (χ1v) is 13.5. The van der Waals surface area contributed by atoms with Crippen molar-refractivity contribution in [2.45, 2.75) is 13.5 Å². The molecule has 42 heavy (non-hydrogen) atoms. The number of nitriles is 1. The highest BCUT2D eigenvalue weighted by Crippen LogP contribution is 2.36. The summed E-state index contributed by atoms with van der Waals surface area (Å²) in [6, 6.07) is 34.4. The second kappa shape index (κ2) is 12.9. The Bertz CT molecular complexity index is 1790. The summed E-state index contributed by atoms with van der Waals surface area (Å²) in [7, 11) is 1.51. The zero-order valence-corrected chi connectivity index (χ0v) is 23.8. The minimum atomic E-state index is -0.348. The van der Waals surface area contributed by atoms with Crippen molar-refractivity contribution in [3.63, 3.8) is 0 Å². The number of hydrogen-bond acceptors (Lipinski definition) is 5. The van der Waals surface area contributed by atoms with Gasteiger partial charge in [-0.1, -0.05) is 60.1 Å². The van der Waals surface area contributed by atoms with E-state index in [2.05, 4.69) is 52.4 Å². The molecule has 7 nitrogen and oxygen atoms in total. The molecule has 8 heteroatoms. The molecule has 0 atom stereocenters. The van der Waals surface area contributed by atoms with Crippen LogP contribution in [0.25, 0.3) is 16.9 Å². The van der Waals surface area contributed by atoms with Crippen LogP contribution in [0.15, 0.2) is 108 Å². The summed E-state index contributed by atoms with van der Waals surface area (Å²) in [5, 5.41) is 13.7. The first kappa shape index (κ1) is 28.2. The number of carbonyl (C=O) groups is 1. The predicted octanol–water partition coefficient (Wildman–Crippen LogP) is 7.33. The third-order valence-electron chi connectivity index (χ3n) is 6.67. The van der Waals surface area contributed by atoms with Crippen LogP contribution in [-0.4, -0.2) is 23.8 Å². The number of amides is 1. The van der Waals surface area contributed by atoms with Gasteiger partial charge in [-0.2, -0.15) is 10.4 Å². The van der Waals surface area contributed by atoms with Crippen molar-refractivity contribution >= 4 is 23.7 Å². The van der Waals surface area contributed by atoms with Gasteiger partial charge in [0.05, 0.1) is 35.7 Å². The van der Waals surface area contributed by atoms with Crippen molar-refractivity contribution in [3.05, 3.63) is 136 Å². The zero-order chi connectivity index (χ0) is 29.5. The molecule has 208 valence electrons. The molecule has 0 aliphatic rings. The number of benzene rings is 4. The van der Waals surface area contributed by atoms with Gasteiger partial charge in [0.1, 0.15) is 6.61 Å². The van der Waals surface area contributed by atoms with Crippen LogP contribution in [0.1, 0.15) is 32.7 Å². The number of hydrazone groups is 1. The highest BCUT2D eigenvalue weighted by molar-refractivity contribution is 6.32. The van der Waals surface area contributed by atoms with E-state index in [-0.39, 0.29) is 12.5 Å². The van der Waals surface area contributed by atoms with Crippen molar-refractivity contribution < 1.29 is 14.3 Å². The molecule has 0 unspecified atom stereocenters. The first-order valence-electron chi connectivity index (χ1n) is 13.1. The largest absolute Gasteiger partial charge is 0.493 e. The van der Waals surface area contributed by atoms with E-state index in [9.17, 15) is 10.1 Å². The lowest BCUT2D eigenvalue weighted by molar-refractivity contribution is 0.0955. The van der Waals surface area contributed by atoms with Crippen LogP contribution in [0.4, 0.5) is 0 Å². The highest BCUT2D eigenvalue weighted by atomic mass is 35.5. The minimum Gasteiger partial charge on any atom is -0.493 e. The minimum absolute atomic E-state index is 0.152. The molecule has 1 aromatic heterocycles. The van der Waals surface area contributed by atoms with Gasteiger partial charge in [-0.15, -0.1) is 0 Å². The average molecular weight is 575 g/mol. The summed E-state index contributed by atoms with van der Waals surface area (Å²) in [5.41, 5.74) is 9.13. The maximum Gasteiger partial charge on any atom is 0.271 e. The van der Waals surface area contributed by atoms with E-state index in [1.54, 1.807) is 36.4 Å². The van der Waals surface area contributed by atoms with Gasteiger partial charge >= 0.3 is 0 Å². The fourth-order valence-corrected chi connectivity index (χ4v) is 4.84. The molecule has 0 bridgehead atoms. The molecular formula is C34H27ClN4O3. The molecule has 0 aliphatic heterocycles. The number of nitrogens with one attached hydrogen (secondary N) is 1. The quantitative estimate of drug-likeness (QED) is 0.147. The summed E-state index contributed by atoms with van der Waals surface area (Å²) in [5.74, 6) is 0.400. The molecule has 0 radical (unpaired) electrons. The second-order valence-corrected chi connectivity index (χ2v) is 9.81. The molecular weight excluding hydrogens is 548 g/mol. The number of aromatic nitrogens is 1. The number of aryl methyl sites for hydroxylation is 1. The van der Waals surface area contributed by atoms with Crippen LogP contribution < -0.4 is 14.9 Å². The fourth-order valence-electron chi connectivity index (χ4n) is 4.57. The lowest BCUT2D eigenvalue weighted by Gasteiger charge is -2.14. The Labute approximate surface area is 249 Å². The van der Waals surface area contributed by atoms with E-state index in [1.165, 1.54) is 13.3 Å². The second-order valence-electron chi connectivity index (χ2n) is 9.40. The Morgan fingerprint density at radius 1 is 1.00 bits per heavy atom. The number of hydrogen-bond donors (Lipinski definition) is 1. The van der Waals surface area contributed by atoms with E-state index in [0.717, 1.165) is 28.2 Å². The normalized spacial score (nSPS) is 10.8. The number of carbonyl (C=O) groups excluding carboxylic acids is 1. The standard InChI is InChI=1S/C34H27ClN4O3/c1-23-12-17-31(25-8-4-3-5-9-25)39(23)29-15-13-26(14-16-29)34(40)38-37-21-24-18-30(35)33(32(19-24)41-2)42-22-28-11-7-6-10-27(28)20-36/h3-19,21H,22H2,1-2H3,(H,38,40)/b37-21+. The Kier molecular flexibility index (Phi) is 8.67. The van der Waals surface area contributed by atoms with E-state index < -0.39 is 0 Å². The van der Waals surface area contributed by atoms with Crippen LogP contribution in [0.5, 0.6) is 11.5 Å². The molecule has 1 N–H and O–H groups in total. The Morgan fingerprint density at radius 2 is 1.74 bits per heavy atom. The number of methoxy groups -OCH3 is 1. The lowest BCUT2D eigenvalue weighted by Crippen LogP contribution is -2.17. The van der Waals surface area contributed by atoms with Crippen molar-refractivity contribution in [2.24, 2.45) is 5.10 Å². The van der Waals surface area contributed by atoms with E-state index in [4.69, 9.17) is 21.1 Å². The van der Waals surface area contributed by atoms with Crippen LogP contribution in [0.2, 0.25) is 5.02 Å². The van der Waals surface area contributed by atoms with Crippen molar-refractivity contribution in [3.8, 4) is 34.5 Å². The van der Waals surface area contributed by atoms with Crippen LogP contribution in [0.3, 0.4) is 0 Å². The zero-order valence-electron chi connectivity index (χ0n) is 23.0. The molecule has 0 spiro atoms. The van der Waals surface area contributed by atoms with Gasteiger partial charge in [0.25, 0.3) is 5.91 Å². The molecule has 4 aromatic carbocycles. The molecule has 5 rings (SSSR count). The molecule has 1 amide bonds. The summed E-state index contributed by atoms with van der Waals surface area (Å²) in [6.07, 6.45) is 1.48. The topological polar surface area (TPSA) is 88.6 Å². The van der Waals surface area contributed by atoms with Gasteiger partial charge in [-0.05, 0) is 72.6 Å². The van der Waals surface area contributed by atoms with Gasteiger partial charge in [0.2, 0.25) is 0 Å². The van der Waals surface area contributed by atoms with Crippen molar-refractivity contribution in [1.82, 2.24) is 9.99 Å². The van der Waals surface area contributed by atoms with Crippen LogP contribution >= 0.6 is 11.6 Å². The Morgan fingerprint density at radius 3 is 2.48 bits per heavy atom. The van der Waals surface area contributed by atoms with Crippen molar-refractivity contribution in [1.29, 1.82) is 5.26 Å². The third kappa shape index (κ3) is 6.20. The van der Waals surface area contributed by atoms with Gasteiger partial charge < -0.3 is 14.0 Å². The summed E-state index contributed by atoms with van der Waals surface area (Å²) < 4.78 is 13.5. The van der Waals surface area contributed by atoms with Crippen LogP contribution in [0, 0.1) is 18.3 Å². The smallest absolute Gasteiger partial charge is 0.271 e. The SMILES string of the molecule is COc1cc(/C=N/NC(=O)c2ccc(-n3c(C)ccc3-c3ccccc3)cc2)cc(Cl)c1OCc1ccccc1C#N. The number of halogens is 1. The molecule has 1 heterocycles. The molecule has 0 aliphatic carbocycles. The van der Waals surface area contributed by atoms with Crippen LogP contribution in [-0.2, 0) is 6.61 Å². The number of ether oxygens (including phenoxy) is 2. The summed E-state index contributed by atoms with van der Waals surface area (Å²) >= 11 is 6.49. The molecule has 0 fully saturated rings. The maximum atomic E-state index is 12.8. The third-order valence-corrected chi connectivity index (χ3v) is 6.96. The van der Waals surface area contributed by atoms with E-state index >= 15 is 0 Å². The first-order chi connectivity index (χ1) is 20.5. The summed E-state index contributed by atoms with van der Waals surface area (Å²) in [6.45, 7) is 2.20. The van der Waals surface area contributed by atoms with Gasteiger partial charge in [0.15, 0.2) is 11.5 Å². The van der Waals surface area contributed by atoms with Gasteiger partial charge in [-0.3, -0.25) is 4.79 Å². The monoisotopic (exact) mass is 574 g/mol. The van der Waals surface area contributed by atoms with Gasteiger partial charge in [-0.25, -0.2) is 5.43 Å². The fraction of sp³-hybridized carbons (Fsp3) is 0.0882. The average Bonchev–Trinajstić information content (AvgIpc) is 3.42.